The van der Waals surface area contributed by atoms with Crippen molar-refractivity contribution in [3.8, 4) is 0 Å². The highest BCUT2D eigenvalue weighted by atomic mass is 32.2. The van der Waals surface area contributed by atoms with Gasteiger partial charge in [-0.05, 0) is 24.5 Å². The quantitative estimate of drug-likeness (QED) is 0.401. The predicted octanol–water partition coefficient (Wildman–Crippen LogP) is 2.87. The van der Waals surface area contributed by atoms with Crippen LogP contribution in [0.15, 0.2) is 27.5 Å². The molecule has 2 rings (SSSR count). The summed E-state index contributed by atoms with van der Waals surface area (Å²) in [5.74, 6) is 0.0954. The Morgan fingerprint density at radius 1 is 1.25 bits per heavy atom. The van der Waals surface area contributed by atoms with E-state index in [2.05, 4.69) is 39.3 Å². The van der Waals surface area contributed by atoms with Crippen LogP contribution in [0.2, 0.25) is 0 Å². The van der Waals surface area contributed by atoms with E-state index in [1.165, 1.54) is 23.1 Å². The first-order chi connectivity index (χ1) is 13.5. The summed E-state index contributed by atoms with van der Waals surface area (Å²) in [5, 5.41) is 7.34. The van der Waals surface area contributed by atoms with Crippen LogP contribution in [-0.2, 0) is 4.79 Å². The van der Waals surface area contributed by atoms with Crippen LogP contribution in [0.1, 0.15) is 36.9 Å². The molecular weight excluding hydrogens is 398 g/mol. The van der Waals surface area contributed by atoms with E-state index >= 15 is 0 Å². The number of thioether (sulfide) groups is 1. The molecular formula is C18H25N5O3S2. The number of amides is 2. The van der Waals surface area contributed by atoms with E-state index in [0.717, 1.165) is 25.4 Å². The molecule has 0 fully saturated rings. The molecule has 2 amide bonds. The number of rotatable bonds is 10. The Balaban J connectivity index is 2.22. The molecule has 0 atom stereocenters. The summed E-state index contributed by atoms with van der Waals surface area (Å²) in [6, 6.07) is 3.40. The lowest BCUT2D eigenvalue weighted by molar-refractivity contribution is -0.115. The van der Waals surface area contributed by atoms with Gasteiger partial charge in [-0.15, -0.1) is 11.3 Å². The van der Waals surface area contributed by atoms with E-state index in [0.29, 0.717) is 10.0 Å². The number of carbonyl (C=O) groups is 2. The summed E-state index contributed by atoms with van der Waals surface area (Å²) in [5.41, 5.74) is -0.565. The first-order valence-electron chi connectivity index (χ1n) is 9.12. The number of hydrogen-bond acceptors (Lipinski definition) is 7. The fourth-order valence-corrected chi connectivity index (χ4v) is 3.82. The number of aromatic amines is 1. The number of nitrogens with one attached hydrogen (secondary N) is 3. The maximum absolute atomic E-state index is 12.6. The van der Waals surface area contributed by atoms with Crippen LogP contribution < -0.4 is 16.2 Å². The van der Waals surface area contributed by atoms with Crippen LogP contribution in [0.25, 0.3) is 0 Å². The summed E-state index contributed by atoms with van der Waals surface area (Å²) >= 11 is 2.66. The Morgan fingerprint density at radius 3 is 2.61 bits per heavy atom. The number of nitrogens with zero attached hydrogens (tertiary/aromatic N) is 2. The molecule has 2 heterocycles. The van der Waals surface area contributed by atoms with Gasteiger partial charge in [0.15, 0.2) is 16.7 Å². The van der Waals surface area contributed by atoms with Crippen molar-refractivity contribution in [2.45, 2.75) is 32.3 Å². The topological polar surface area (TPSA) is 107 Å². The van der Waals surface area contributed by atoms with Crippen molar-refractivity contribution < 1.29 is 9.59 Å². The lowest BCUT2D eigenvalue weighted by Gasteiger charge is -2.17. The Morgan fingerprint density at radius 2 is 2.00 bits per heavy atom. The van der Waals surface area contributed by atoms with Gasteiger partial charge in [-0.2, -0.15) is 0 Å². The van der Waals surface area contributed by atoms with Crippen molar-refractivity contribution in [3.63, 3.8) is 0 Å². The maximum atomic E-state index is 12.6. The van der Waals surface area contributed by atoms with Gasteiger partial charge in [-0.3, -0.25) is 19.4 Å². The molecule has 0 aliphatic rings. The molecule has 2 aromatic heterocycles. The van der Waals surface area contributed by atoms with E-state index in [9.17, 15) is 14.4 Å². The maximum Gasteiger partial charge on any atom is 0.277 e. The molecule has 10 heteroatoms. The van der Waals surface area contributed by atoms with Crippen LogP contribution in [0.3, 0.4) is 0 Å². The monoisotopic (exact) mass is 423 g/mol. The summed E-state index contributed by atoms with van der Waals surface area (Å²) in [7, 11) is 0. The summed E-state index contributed by atoms with van der Waals surface area (Å²) < 4.78 is 0. The molecule has 0 spiro atoms. The molecule has 3 N–H and O–H groups in total. The Labute approximate surface area is 172 Å². The summed E-state index contributed by atoms with van der Waals surface area (Å²) in [6.07, 6.45) is 0.233. The van der Waals surface area contributed by atoms with Gasteiger partial charge >= 0.3 is 0 Å². The van der Waals surface area contributed by atoms with Crippen molar-refractivity contribution in [1.82, 2.24) is 14.9 Å². The van der Waals surface area contributed by atoms with E-state index in [1.807, 2.05) is 0 Å². The third-order valence-electron chi connectivity index (χ3n) is 4.00. The largest absolute Gasteiger partial charge is 0.314 e. The molecule has 0 unspecified atom stereocenters. The minimum atomic E-state index is -0.503. The van der Waals surface area contributed by atoms with Gasteiger partial charge in [0.2, 0.25) is 5.91 Å². The van der Waals surface area contributed by atoms with E-state index in [4.69, 9.17) is 0 Å². The van der Waals surface area contributed by atoms with Gasteiger partial charge in [0.1, 0.15) is 0 Å². The highest BCUT2D eigenvalue weighted by Gasteiger charge is 2.18. The normalized spacial score (nSPS) is 10.9. The molecule has 28 heavy (non-hydrogen) atoms. The van der Waals surface area contributed by atoms with E-state index < -0.39 is 11.5 Å². The van der Waals surface area contributed by atoms with Gasteiger partial charge < -0.3 is 15.5 Å². The minimum absolute atomic E-state index is 0.0610. The van der Waals surface area contributed by atoms with Crippen LogP contribution in [-0.4, -0.2) is 52.1 Å². The number of carbonyl (C=O) groups excluding carboxylic acids is 2. The van der Waals surface area contributed by atoms with Crippen LogP contribution in [0.4, 0.5) is 11.5 Å². The fraction of sp³-hybridized carbons (Fsp3) is 0.444. The first kappa shape index (κ1) is 22.1. The average molecular weight is 424 g/mol. The Bertz CT molecular complexity index is 847. The Kier molecular flexibility index (Phi) is 8.68. The predicted molar refractivity (Wildman–Crippen MR) is 115 cm³/mol. The number of H-pyrrole nitrogens is 1. The smallest absolute Gasteiger partial charge is 0.277 e. The van der Waals surface area contributed by atoms with Crippen LogP contribution >= 0.6 is 23.1 Å². The fourth-order valence-electron chi connectivity index (χ4n) is 2.34. The number of anilines is 2. The first-order valence-corrected chi connectivity index (χ1v) is 11.0. The average Bonchev–Trinajstić information content (AvgIpc) is 3.22. The van der Waals surface area contributed by atoms with E-state index in [-0.39, 0.29) is 23.8 Å². The second-order valence-corrected chi connectivity index (χ2v) is 7.83. The highest BCUT2D eigenvalue weighted by molar-refractivity contribution is 7.99. The van der Waals surface area contributed by atoms with Crippen molar-refractivity contribution in [2.24, 2.45) is 0 Å². The molecule has 152 valence electrons. The minimum Gasteiger partial charge on any atom is -0.314 e. The third-order valence-corrected chi connectivity index (χ3v) is 5.72. The van der Waals surface area contributed by atoms with Gasteiger partial charge in [0, 0.05) is 18.7 Å². The van der Waals surface area contributed by atoms with Gasteiger partial charge in [-0.1, -0.05) is 38.6 Å². The van der Waals surface area contributed by atoms with Gasteiger partial charge in [0.05, 0.1) is 4.88 Å². The summed E-state index contributed by atoms with van der Waals surface area (Å²) in [4.78, 5) is 46.5. The molecule has 0 saturated heterocycles. The summed E-state index contributed by atoms with van der Waals surface area (Å²) in [6.45, 7) is 8.65. The number of thiophene rings is 1. The molecule has 8 nitrogen and oxygen atoms in total. The van der Waals surface area contributed by atoms with Crippen LogP contribution in [0, 0.1) is 0 Å². The second-order valence-electron chi connectivity index (χ2n) is 5.80. The zero-order valence-corrected chi connectivity index (χ0v) is 17.8. The molecule has 0 saturated carbocycles. The SMILES string of the molecule is CCC(=O)Nc1nc(SCCN(CC)CC)[nH]c(=O)c1NC(=O)c1cccs1. The standard InChI is InChI=1S/C18H25N5O3S2/c1-4-13(24)19-15-14(20-16(25)12-8-7-10-27-12)17(26)22-18(21-15)28-11-9-23(5-2)6-3/h7-8,10H,4-6,9,11H2,1-3H3,(H,20,25)(H2,19,21,22,24,26). The Hall–Kier alpha value is -2.17. The number of aromatic nitrogens is 2. The van der Waals surface area contributed by atoms with Crippen molar-refractivity contribution in [1.29, 1.82) is 0 Å². The molecule has 0 aliphatic heterocycles. The second kappa shape index (κ2) is 11.0. The molecule has 0 aromatic carbocycles. The van der Waals surface area contributed by atoms with E-state index in [1.54, 1.807) is 24.4 Å². The molecule has 0 bridgehead atoms. The number of hydrogen-bond donors (Lipinski definition) is 3. The lowest BCUT2D eigenvalue weighted by atomic mass is 10.3. The van der Waals surface area contributed by atoms with Crippen molar-refractivity contribution in [3.05, 3.63) is 32.7 Å². The van der Waals surface area contributed by atoms with Gasteiger partial charge in [-0.25, -0.2) is 4.98 Å². The lowest BCUT2D eigenvalue weighted by Crippen LogP contribution is -2.26. The molecule has 2 aromatic rings. The zero-order chi connectivity index (χ0) is 20.5. The van der Waals surface area contributed by atoms with Gasteiger partial charge in [0.25, 0.3) is 11.5 Å². The van der Waals surface area contributed by atoms with Crippen molar-refractivity contribution >= 4 is 46.4 Å². The van der Waals surface area contributed by atoms with Crippen LogP contribution in [0.5, 0.6) is 0 Å². The third kappa shape index (κ3) is 6.18. The van der Waals surface area contributed by atoms with Crippen molar-refractivity contribution in [2.75, 3.05) is 36.0 Å². The molecule has 0 radical (unpaired) electrons. The highest BCUT2D eigenvalue weighted by Crippen LogP contribution is 2.21. The zero-order valence-electron chi connectivity index (χ0n) is 16.2. The molecule has 0 aliphatic carbocycles.